The third kappa shape index (κ3) is 2.14. The Morgan fingerprint density at radius 1 is 1.22 bits per heavy atom. The molecule has 2 aliphatic heterocycles. The van der Waals surface area contributed by atoms with Crippen molar-refractivity contribution in [2.24, 2.45) is 23.2 Å². The lowest BCUT2D eigenvalue weighted by Gasteiger charge is -2.47. The van der Waals surface area contributed by atoms with E-state index in [-0.39, 0.29) is 23.7 Å². The molecule has 2 spiro atoms. The lowest BCUT2D eigenvalue weighted by Crippen LogP contribution is -2.60. The van der Waals surface area contributed by atoms with Gasteiger partial charge in [-0.05, 0) is 48.7 Å². The Hall–Kier alpha value is -1.14. The SMILES string of the molecule is C/C1=C/C2=C[C@H](C)C[C@@]23O[C@]2(CC(C)(C)C[C@@H]2[C@@]1(O)C(F)(F)F)[C@@H](C)C3=O. The highest BCUT2D eigenvalue weighted by molar-refractivity contribution is 5.97. The predicted octanol–water partition coefficient (Wildman–Crippen LogP) is 4.36. The van der Waals surface area contributed by atoms with Gasteiger partial charge in [-0.1, -0.05) is 39.8 Å². The number of rotatable bonds is 0. The number of carbonyl (C=O) groups is 1. The predicted molar refractivity (Wildman–Crippen MR) is 93.8 cm³/mol. The van der Waals surface area contributed by atoms with Gasteiger partial charge in [-0.25, -0.2) is 0 Å². The van der Waals surface area contributed by atoms with Gasteiger partial charge in [0, 0.05) is 11.8 Å². The monoisotopic (exact) mass is 384 g/mol. The number of ether oxygens (including phenoxy) is 1. The van der Waals surface area contributed by atoms with Crippen molar-refractivity contribution in [3.63, 3.8) is 0 Å². The molecule has 2 fully saturated rings. The quantitative estimate of drug-likeness (QED) is 0.675. The molecule has 6 heteroatoms. The number of aliphatic hydroxyl groups is 1. The van der Waals surface area contributed by atoms with Gasteiger partial charge in [0.25, 0.3) is 0 Å². The molecule has 1 N–H and O–H groups in total. The molecular weight excluding hydrogens is 357 g/mol. The van der Waals surface area contributed by atoms with Gasteiger partial charge in [-0.3, -0.25) is 4.79 Å². The first kappa shape index (κ1) is 19.2. The Bertz CT molecular complexity index is 780. The molecule has 1 saturated heterocycles. The van der Waals surface area contributed by atoms with Crippen molar-refractivity contribution in [3.8, 4) is 0 Å². The maximum absolute atomic E-state index is 14.3. The van der Waals surface area contributed by atoms with Gasteiger partial charge in [0.2, 0.25) is 0 Å². The normalized spacial score (nSPS) is 50.4. The molecular formula is C21H27F3O3. The maximum atomic E-state index is 14.3. The zero-order valence-electron chi connectivity index (χ0n) is 16.4. The van der Waals surface area contributed by atoms with E-state index in [2.05, 4.69) is 0 Å². The fourth-order valence-corrected chi connectivity index (χ4v) is 6.39. The lowest BCUT2D eigenvalue weighted by molar-refractivity contribution is -0.287. The van der Waals surface area contributed by atoms with Crippen molar-refractivity contribution in [1.82, 2.24) is 0 Å². The van der Waals surface area contributed by atoms with E-state index >= 15 is 0 Å². The molecule has 150 valence electrons. The molecule has 4 rings (SSSR count). The zero-order valence-corrected chi connectivity index (χ0v) is 16.4. The Morgan fingerprint density at radius 2 is 1.85 bits per heavy atom. The molecule has 4 aliphatic rings. The van der Waals surface area contributed by atoms with Gasteiger partial charge in [0.15, 0.2) is 17.0 Å². The van der Waals surface area contributed by atoms with E-state index in [4.69, 9.17) is 4.74 Å². The smallest absolute Gasteiger partial charge is 0.376 e. The van der Waals surface area contributed by atoms with Crippen LogP contribution in [-0.4, -0.2) is 33.9 Å². The summed E-state index contributed by atoms with van der Waals surface area (Å²) in [6.07, 6.45) is -0.741. The van der Waals surface area contributed by atoms with Crippen LogP contribution in [0.2, 0.25) is 0 Å². The van der Waals surface area contributed by atoms with Crippen LogP contribution in [0.3, 0.4) is 0 Å². The van der Waals surface area contributed by atoms with Gasteiger partial charge in [-0.15, -0.1) is 0 Å². The number of carbonyl (C=O) groups excluding carboxylic acids is 1. The largest absolute Gasteiger partial charge is 0.421 e. The summed E-state index contributed by atoms with van der Waals surface area (Å²) in [7, 11) is 0. The molecule has 1 saturated carbocycles. The molecule has 0 aromatic carbocycles. The summed E-state index contributed by atoms with van der Waals surface area (Å²) in [5, 5.41) is 11.2. The molecule has 0 aromatic rings. The lowest BCUT2D eigenvalue weighted by atomic mass is 9.68. The Kier molecular flexibility index (Phi) is 3.60. The van der Waals surface area contributed by atoms with Crippen molar-refractivity contribution >= 4 is 5.78 Å². The van der Waals surface area contributed by atoms with E-state index in [9.17, 15) is 23.1 Å². The van der Waals surface area contributed by atoms with Crippen molar-refractivity contribution in [3.05, 3.63) is 23.3 Å². The molecule has 0 unspecified atom stereocenters. The third-order valence-electron chi connectivity index (χ3n) is 7.44. The number of allylic oxidation sites excluding steroid dienone is 1. The first-order chi connectivity index (χ1) is 12.2. The van der Waals surface area contributed by atoms with Crippen LogP contribution in [0, 0.1) is 23.2 Å². The van der Waals surface area contributed by atoms with Crippen molar-refractivity contribution in [2.45, 2.75) is 76.9 Å². The summed E-state index contributed by atoms with van der Waals surface area (Å²) in [4.78, 5) is 13.4. The third-order valence-corrected chi connectivity index (χ3v) is 7.44. The van der Waals surface area contributed by atoms with Crippen LogP contribution in [0.15, 0.2) is 23.3 Å². The van der Waals surface area contributed by atoms with Crippen LogP contribution in [0.25, 0.3) is 0 Å². The molecule has 0 aromatic heterocycles. The highest BCUT2D eigenvalue weighted by Crippen LogP contribution is 2.67. The van der Waals surface area contributed by atoms with Crippen LogP contribution in [-0.2, 0) is 9.53 Å². The summed E-state index contributed by atoms with van der Waals surface area (Å²) in [6.45, 7) is 8.74. The van der Waals surface area contributed by atoms with Gasteiger partial charge in [0.1, 0.15) is 0 Å². The number of halogens is 3. The van der Waals surface area contributed by atoms with Gasteiger partial charge in [0.05, 0.1) is 5.60 Å². The molecule has 6 atom stereocenters. The van der Waals surface area contributed by atoms with Crippen LogP contribution in [0.1, 0.15) is 53.9 Å². The van der Waals surface area contributed by atoms with Crippen LogP contribution in [0.5, 0.6) is 0 Å². The first-order valence-electron chi connectivity index (χ1n) is 9.64. The molecule has 0 radical (unpaired) electrons. The molecule has 2 aliphatic carbocycles. The molecule has 0 amide bonds. The Morgan fingerprint density at radius 3 is 2.44 bits per heavy atom. The highest BCUT2D eigenvalue weighted by atomic mass is 19.4. The second kappa shape index (κ2) is 5.07. The van der Waals surface area contributed by atoms with Crippen molar-refractivity contribution in [2.75, 3.05) is 0 Å². The Balaban J connectivity index is 2.05. The number of alkyl halides is 3. The molecule has 2 bridgehead atoms. The van der Waals surface area contributed by atoms with E-state index in [0.717, 1.165) is 0 Å². The summed E-state index contributed by atoms with van der Waals surface area (Å²) in [5.41, 5.74) is -5.64. The Labute approximate surface area is 157 Å². The molecule has 3 nitrogen and oxygen atoms in total. The zero-order chi connectivity index (χ0) is 20.2. The van der Waals surface area contributed by atoms with E-state index in [0.29, 0.717) is 18.4 Å². The molecule has 2 heterocycles. The minimum Gasteiger partial charge on any atom is -0.376 e. The van der Waals surface area contributed by atoms with E-state index in [1.807, 2.05) is 26.8 Å². The van der Waals surface area contributed by atoms with Crippen molar-refractivity contribution in [1.29, 1.82) is 0 Å². The van der Waals surface area contributed by atoms with Gasteiger partial charge in [-0.2, -0.15) is 13.2 Å². The minimum atomic E-state index is -4.86. The summed E-state index contributed by atoms with van der Waals surface area (Å²) in [5.74, 6) is -2.03. The van der Waals surface area contributed by atoms with Gasteiger partial charge >= 0.3 is 6.18 Å². The first-order valence-corrected chi connectivity index (χ1v) is 9.64. The van der Waals surface area contributed by atoms with E-state index in [1.165, 1.54) is 13.0 Å². The maximum Gasteiger partial charge on any atom is 0.421 e. The minimum absolute atomic E-state index is 0.0280. The van der Waals surface area contributed by atoms with Crippen LogP contribution < -0.4 is 0 Å². The average molecular weight is 384 g/mol. The fourth-order valence-electron chi connectivity index (χ4n) is 6.39. The highest BCUT2D eigenvalue weighted by Gasteiger charge is 2.76. The van der Waals surface area contributed by atoms with E-state index in [1.54, 1.807) is 6.92 Å². The number of ketones is 1. The number of Topliss-reactive ketones (excluding diaryl/α,β-unsaturated/α-hetero) is 1. The van der Waals surface area contributed by atoms with Crippen LogP contribution in [0.4, 0.5) is 13.2 Å². The summed E-state index contributed by atoms with van der Waals surface area (Å²) in [6, 6.07) is 0. The second-order valence-corrected chi connectivity index (χ2v) is 9.96. The number of hydrogen-bond donors (Lipinski definition) is 1. The van der Waals surface area contributed by atoms with Crippen molar-refractivity contribution < 1.29 is 27.8 Å². The second-order valence-electron chi connectivity index (χ2n) is 9.96. The van der Waals surface area contributed by atoms with Gasteiger partial charge < -0.3 is 9.84 Å². The molecule has 27 heavy (non-hydrogen) atoms. The summed E-state index contributed by atoms with van der Waals surface area (Å²) < 4.78 is 49.3. The van der Waals surface area contributed by atoms with E-state index < -0.39 is 40.2 Å². The summed E-state index contributed by atoms with van der Waals surface area (Å²) >= 11 is 0. The fraction of sp³-hybridized carbons (Fsp3) is 0.762. The van der Waals surface area contributed by atoms with Crippen LogP contribution >= 0.6 is 0 Å². The average Bonchev–Trinajstić information content (AvgIpc) is 3.04. The number of hydrogen-bond acceptors (Lipinski definition) is 3. The topological polar surface area (TPSA) is 46.5 Å². The standard InChI is InChI=1S/C21H27F3O3/c1-11-6-14-7-12(2)20(26,21(22,23)24)15-9-17(4,5)10-19(15)13(3)16(25)18(14,8-11)27-19/h6-7,11,13,15,26H,8-10H2,1-5H3/b12-7-/t11-,13-,15-,18+,19+,20+/m0/s1.